The van der Waals surface area contributed by atoms with Gasteiger partial charge in [-0.2, -0.15) is 0 Å². The Kier molecular flexibility index (Phi) is 3.17. The Balaban J connectivity index is 2.56. The van der Waals surface area contributed by atoms with Crippen LogP contribution in [0.5, 0.6) is 0 Å². The van der Waals surface area contributed by atoms with Crippen LogP contribution in [0.1, 0.15) is 0 Å². The molecule has 0 saturated heterocycles. The number of aromatic amines is 1. The van der Waals surface area contributed by atoms with E-state index in [9.17, 15) is 13.2 Å². The maximum atomic E-state index is 11.2. The van der Waals surface area contributed by atoms with E-state index in [4.69, 9.17) is 5.73 Å². The van der Waals surface area contributed by atoms with Crippen LogP contribution in [0.25, 0.3) is 0 Å². The van der Waals surface area contributed by atoms with E-state index in [-0.39, 0.29) is 5.03 Å². The van der Waals surface area contributed by atoms with Gasteiger partial charge in [0, 0.05) is 0 Å². The molecule has 0 aromatic carbocycles. The zero-order chi connectivity index (χ0) is 10.6. The number of nitrogens with zero attached hydrogens (tertiary/aromatic N) is 1. The van der Waals surface area contributed by atoms with Crippen LogP contribution in [0.2, 0.25) is 0 Å². The molecule has 0 spiro atoms. The summed E-state index contributed by atoms with van der Waals surface area (Å²) in [7, 11) is -3.81. The van der Waals surface area contributed by atoms with E-state index in [1.54, 1.807) is 4.89 Å². The first-order valence-corrected chi connectivity index (χ1v) is 4.91. The van der Waals surface area contributed by atoms with Gasteiger partial charge in [-0.05, 0) is 0 Å². The summed E-state index contributed by atoms with van der Waals surface area (Å²) in [6.07, 6.45) is 2.29. The van der Waals surface area contributed by atoms with Crippen LogP contribution in [0.4, 0.5) is 0 Å². The number of H-pyrrole nitrogens is 1. The number of imidazole rings is 1. The van der Waals surface area contributed by atoms with Crippen LogP contribution >= 0.6 is 0 Å². The first kappa shape index (κ1) is 10.6. The number of amides is 1. The minimum absolute atomic E-state index is 0.165. The largest absolute Gasteiger partial charge is 0.368 e. The van der Waals surface area contributed by atoms with Gasteiger partial charge in [-0.25, -0.2) is 13.4 Å². The second kappa shape index (κ2) is 4.17. The molecule has 0 aliphatic carbocycles. The number of sulfonamides is 1. The maximum Gasteiger partial charge on any atom is 0.279 e. The van der Waals surface area contributed by atoms with Gasteiger partial charge in [-0.15, -0.1) is 0 Å². The highest BCUT2D eigenvalue weighted by molar-refractivity contribution is 7.89. The van der Waals surface area contributed by atoms with E-state index in [1.165, 1.54) is 6.33 Å². The smallest absolute Gasteiger partial charge is 0.279 e. The molecule has 0 unspecified atom stereocenters. The molecule has 1 heterocycles. The van der Waals surface area contributed by atoms with Crippen LogP contribution < -0.4 is 10.6 Å². The van der Waals surface area contributed by atoms with Crippen molar-refractivity contribution in [2.24, 2.45) is 5.73 Å². The van der Waals surface area contributed by atoms with Crippen molar-refractivity contribution in [1.82, 2.24) is 14.9 Å². The summed E-state index contributed by atoms with van der Waals surface area (Å²) in [6, 6.07) is 0. The molecule has 1 rings (SSSR count). The molecule has 0 fully saturated rings. The lowest BCUT2D eigenvalue weighted by Gasteiger charge is -2.02. The van der Waals surface area contributed by atoms with Crippen LogP contribution in [0.15, 0.2) is 17.6 Å². The summed E-state index contributed by atoms with van der Waals surface area (Å²) in [5.74, 6) is -0.780. The first-order valence-electron chi connectivity index (χ1n) is 3.42. The Morgan fingerprint density at radius 2 is 2.43 bits per heavy atom. The Hall–Kier alpha value is -1.45. The molecule has 0 radical (unpaired) electrons. The van der Waals surface area contributed by atoms with Crippen molar-refractivity contribution < 1.29 is 18.0 Å². The fraction of sp³-hybridized carbons (Fsp3) is 0.200. The average molecular weight is 220 g/mol. The predicted octanol–water partition coefficient (Wildman–Crippen LogP) is -1.90. The van der Waals surface area contributed by atoms with Gasteiger partial charge in [-0.3, -0.25) is 9.63 Å². The molecule has 0 aliphatic rings. The van der Waals surface area contributed by atoms with Crippen molar-refractivity contribution in [3.8, 4) is 0 Å². The monoisotopic (exact) mass is 220 g/mol. The highest BCUT2D eigenvalue weighted by Crippen LogP contribution is 2.00. The lowest BCUT2D eigenvalue weighted by molar-refractivity contribution is -0.123. The van der Waals surface area contributed by atoms with Crippen LogP contribution in [-0.4, -0.2) is 30.9 Å². The van der Waals surface area contributed by atoms with Crippen molar-refractivity contribution in [1.29, 1.82) is 0 Å². The van der Waals surface area contributed by atoms with E-state index in [0.29, 0.717) is 0 Å². The molecule has 14 heavy (non-hydrogen) atoms. The zero-order valence-corrected chi connectivity index (χ0v) is 7.74. The Labute approximate surface area is 79.5 Å². The molecule has 0 saturated carbocycles. The molecule has 0 bridgehead atoms. The average Bonchev–Trinajstić information content (AvgIpc) is 2.54. The molecule has 0 atom stereocenters. The SMILES string of the molecule is NC(=O)CONS(=O)(=O)c1cnc[nH]1. The van der Waals surface area contributed by atoms with E-state index in [2.05, 4.69) is 14.8 Å². The maximum absolute atomic E-state index is 11.2. The first-order chi connectivity index (χ1) is 6.52. The molecule has 1 amide bonds. The fourth-order valence-electron chi connectivity index (χ4n) is 0.613. The van der Waals surface area contributed by atoms with Crippen molar-refractivity contribution in [2.45, 2.75) is 5.03 Å². The minimum atomic E-state index is -3.81. The van der Waals surface area contributed by atoms with E-state index in [0.717, 1.165) is 6.20 Å². The summed E-state index contributed by atoms with van der Waals surface area (Å²) in [6.45, 7) is -0.534. The Morgan fingerprint density at radius 1 is 1.71 bits per heavy atom. The molecule has 1 aromatic heterocycles. The third-order valence-electron chi connectivity index (χ3n) is 1.15. The third kappa shape index (κ3) is 2.80. The lowest BCUT2D eigenvalue weighted by Crippen LogP contribution is -2.29. The summed E-state index contributed by atoms with van der Waals surface area (Å²) >= 11 is 0. The number of rotatable bonds is 5. The van der Waals surface area contributed by atoms with Crippen molar-refractivity contribution in [3.05, 3.63) is 12.5 Å². The number of carbonyl (C=O) groups is 1. The number of nitrogens with one attached hydrogen (secondary N) is 2. The molecule has 8 nitrogen and oxygen atoms in total. The number of carbonyl (C=O) groups excluding carboxylic acids is 1. The van der Waals surface area contributed by atoms with Gasteiger partial charge in [0.15, 0.2) is 5.03 Å². The highest BCUT2D eigenvalue weighted by Gasteiger charge is 2.15. The number of hydrogen-bond donors (Lipinski definition) is 3. The molecular weight excluding hydrogens is 212 g/mol. The standard InChI is InChI=1S/C5H8N4O4S/c6-4(10)2-13-9-14(11,12)5-1-7-3-8-5/h1,3,9H,2H2,(H2,6,10)(H,7,8). The Morgan fingerprint density at radius 3 is 2.93 bits per heavy atom. The van der Waals surface area contributed by atoms with Gasteiger partial charge < -0.3 is 10.7 Å². The second-order valence-corrected chi connectivity index (χ2v) is 3.87. The van der Waals surface area contributed by atoms with Crippen molar-refractivity contribution in [2.75, 3.05) is 6.61 Å². The van der Waals surface area contributed by atoms with Crippen LogP contribution in [0, 0.1) is 0 Å². The van der Waals surface area contributed by atoms with E-state index in [1.807, 2.05) is 0 Å². The second-order valence-electron chi connectivity index (χ2n) is 2.26. The number of aromatic nitrogens is 2. The molecule has 78 valence electrons. The van der Waals surface area contributed by atoms with Crippen LogP contribution in [-0.2, 0) is 19.7 Å². The summed E-state index contributed by atoms with van der Waals surface area (Å²) in [5, 5.41) is -0.165. The lowest BCUT2D eigenvalue weighted by atomic mass is 10.7. The van der Waals surface area contributed by atoms with Crippen molar-refractivity contribution >= 4 is 15.9 Å². The van der Waals surface area contributed by atoms with Gasteiger partial charge in [0.25, 0.3) is 10.0 Å². The van der Waals surface area contributed by atoms with Gasteiger partial charge in [0.1, 0.15) is 6.61 Å². The normalized spacial score (nSPS) is 11.4. The van der Waals surface area contributed by atoms with E-state index < -0.39 is 22.5 Å². The number of nitrogens with two attached hydrogens (primary N) is 1. The minimum Gasteiger partial charge on any atom is -0.368 e. The summed E-state index contributed by atoms with van der Waals surface area (Å²) in [4.78, 5) is 22.1. The van der Waals surface area contributed by atoms with Gasteiger partial charge in [0.05, 0.1) is 12.5 Å². The molecule has 4 N–H and O–H groups in total. The Bertz CT molecular complexity index is 397. The third-order valence-corrected chi connectivity index (χ3v) is 2.29. The van der Waals surface area contributed by atoms with Crippen molar-refractivity contribution in [3.63, 3.8) is 0 Å². The van der Waals surface area contributed by atoms with Gasteiger partial charge in [0.2, 0.25) is 5.91 Å². The van der Waals surface area contributed by atoms with Gasteiger partial charge in [-0.1, -0.05) is 4.89 Å². The summed E-state index contributed by atoms with van der Waals surface area (Å²) < 4.78 is 22.4. The zero-order valence-electron chi connectivity index (χ0n) is 6.93. The van der Waals surface area contributed by atoms with Gasteiger partial charge >= 0.3 is 0 Å². The molecule has 9 heteroatoms. The van der Waals surface area contributed by atoms with Crippen LogP contribution in [0.3, 0.4) is 0 Å². The fourth-order valence-corrected chi connectivity index (χ4v) is 1.32. The molecular formula is C5H8N4O4S. The number of primary amides is 1. The highest BCUT2D eigenvalue weighted by atomic mass is 32.2. The molecule has 1 aromatic rings. The topological polar surface area (TPSA) is 127 Å². The molecule has 0 aliphatic heterocycles. The van der Waals surface area contributed by atoms with E-state index >= 15 is 0 Å². The predicted molar refractivity (Wildman–Crippen MR) is 44.1 cm³/mol. The summed E-state index contributed by atoms with van der Waals surface area (Å²) in [5.41, 5.74) is 4.72. The quantitative estimate of drug-likeness (QED) is 0.499. The number of hydrogen-bond acceptors (Lipinski definition) is 5.